The Kier molecular flexibility index (Phi) is 9.65. The standard InChI is InChI=1S/C16H25N5O2.HI/c1-18-16(19-5-6-21-7-9-23-10-8-21)20-12-13-3-2-4-14(11-13)15(17)22;/h2-4,11H,5-10,12H2,1H3,(H2,17,22)(H2,18,19,20);1H. The first kappa shape index (κ1) is 20.7. The van der Waals surface area contributed by atoms with Gasteiger partial charge in [0.2, 0.25) is 5.91 Å². The van der Waals surface area contributed by atoms with E-state index in [9.17, 15) is 4.79 Å². The van der Waals surface area contributed by atoms with E-state index in [1.165, 1.54) is 0 Å². The lowest BCUT2D eigenvalue weighted by Gasteiger charge is -2.26. The molecule has 0 spiro atoms. The number of guanidine groups is 1. The molecule has 0 unspecified atom stereocenters. The Balaban J connectivity index is 0.00000288. The van der Waals surface area contributed by atoms with Crippen molar-refractivity contribution >= 4 is 35.8 Å². The summed E-state index contributed by atoms with van der Waals surface area (Å²) < 4.78 is 5.33. The van der Waals surface area contributed by atoms with Gasteiger partial charge in [0.05, 0.1) is 13.2 Å². The number of halogens is 1. The molecule has 0 atom stereocenters. The zero-order valence-electron chi connectivity index (χ0n) is 14.0. The number of nitrogens with two attached hydrogens (primary N) is 1. The van der Waals surface area contributed by atoms with Crippen molar-refractivity contribution in [2.45, 2.75) is 6.54 Å². The van der Waals surface area contributed by atoms with E-state index in [1.54, 1.807) is 19.2 Å². The number of hydrogen-bond donors (Lipinski definition) is 3. The van der Waals surface area contributed by atoms with Crippen molar-refractivity contribution in [3.8, 4) is 0 Å². The van der Waals surface area contributed by atoms with Gasteiger partial charge in [-0.2, -0.15) is 0 Å². The highest BCUT2D eigenvalue weighted by molar-refractivity contribution is 14.0. The normalized spacial score (nSPS) is 15.5. The van der Waals surface area contributed by atoms with Crippen LogP contribution in [0.25, 0.3) is 0 Å². The molecule has 0 radical (unpaired) electrons. The van der Waals surface area contributed by atoms with Gasteiger partial charge in [-0.05, 0) is 17.7 Å². The van der Waals surface area contributed by atoms with Crippen LogP contribution < -0.4 is 16.4 Å². The molecule has 1 fully saturated rings. The number of carbonyl (C=O) groups is 1. The number of rotatable bonds is 6. The minimum absolute atomic E-state index is 0. The molecule has 4 N–H and O–H groups in total. The van der Waals surface area contributed by atoms with Crippen molar-refractivity contribution in [1.29, 1.82) is 0 Å². The van der Waals surface area contributed by atoms with E-state index in [4.69, 9.17) is 10.5 Å². The molecule has 0 bridgehead atoms. The SMILES string of the molecule is CN=C(NCCN1CCOCC1)NCc1cccc(C(N)=O)c1.I. The molecule has 134 valence electrons. The minimum Gasteiger partial charge on any atom is -0.379 e. The molecule has 0 saturated carbocycles. The van der Waals surface area contributed by atoms with Gasteiger partial charge in [0.15, 0.2) is 5.96 Å². The summed E-state index contributed by atoms with van der Waals surface area (Å²) in [6, 6.07) is 7.27. The smallest absolute Gasteiger partial charge is 0.248 e. The van der Waals surface area contributed by atoms with Gasteiger partial charge in [0.1, 0.15) is 0 Å². The van der Waals surface area contributed by atoms with Crippen LogP contribution in [0.15, 0.2) is 29.3 Å². The maximum absolute atomic E-state index is 11.2. The third-order valence-corrected chi connectivity index (χ3v) is 3.72. The number of primary amides is 1. The van der Waals surface area contributed by atoms with Gasteiger partial charge >= 0.3 is 0 Å². The molecule has 24 heavy (non-hydrogen) atoms. The summed E-state index contributed by atoms with van der Waals surface area (Å²) in [6.07, 6.45) is 0. The highest BCUT2D eigenvalue weighted by atomic mass is 127. The second kappa shape index (κ2) is 11.2. The van der Waals surface area contributed by atoms with Crippen LogP contribution in [0.4, 0.5) is 0 Å². The first-order valence-corrected chi connectivity index (χ1v) is 7.82. The van der Waals surface area contributed by atoms with Crippen LogP contribution >= 0.6 is 24.0 Å². The fourth-order valence-corrected chi connectivity index (χ4v) is 2.40. The number of carbonyl (C=O) groups excluding carboxylic acids is 1. The molecule has 0 aromatic heterocycles. The Morgan fingerprint density at radius 1 is 1.33 bits per heavy atom. The number of aliphatic imine (C=N–C) groups is 1. The Labute approximate surface area is 160 Å². The monoisotopic (exact) mass is 447 g/mol. The largest absolute Gasteiger partial charge is 0.379 e. The number of morpholine rings is 1. The fourth-order valence-electron chi connectivity index (χ4n) is 2.40. The van der Waals surface area contributed by atoms with Gasteiger partial charge in [-0.25, -0.2) is 0 Å². The molecule has 1 aliphatic heterocycles. The molecular weight excluding hydrogens is 421 g/mol. The number of amides is 1. The van der Waals surface area contributed by atoms with Gasteiger partial charge in [0.25, 0.3) is 0 Å². The molecule has 0 aliphatic carbocycles. The number of hydrogen-bond acceptors (Lipinski definition) is 4. The molecule has 1 amide bonds. The molecule has 1 aliphatic rings. The summed E-state index contributed by atoms with van der Waals surface area (Å²) in [5.74, 6) is 0.322. The van der Waals surface area contributed by atoms with Gasteiger partial charge in [-0.1, -0.05) is 12.1 Å². The number of benzene rings is 1. The van der Waals surface area contributed by atoms with E-state index in [2.05, 4.69) is 20.5 Å². The first-order valence-electron chi connectivity index (χ1n) is 7.82. The van der Waals surface area contributed by atoms with Crippen molar-refractivity contribution in [1.82, 2.24) is 15.5 Å². The molecule has 1 aromatic rings. The Morgan fingerprint density at radius 2 is 2.08 bits per heavy atom. The van der Waals surface area contributed by atoms with Crippen LogP contribution in [0.2, 0.25) is 0 Å². The third-order valence-electron chi connectivity index (χ3n) is 3.72. The van der Waals surface area contributed by atoms with E-state index in [0.717, 1.165) is 50.9 Å². The van der Waals surface area contributed by atoms with Crippen LogP contribution in [0.5, 0.6) is 0 Å². The highest BCUT2D eigenvalue weighted by Gasteiger charge is 2.09. The fraction of sp³-hybridized carbons (Fsp3) is 0.500. The van der Waals surface area contributed by atoms with Crippen LogP contribution in [-0.2, 0) is 11.3 Å². The van der Waals surface area contributed by atoms with Crippen LogP contribution in [0.1, 0.15) is 15.9 Å². The quantitative estimate of drug-likeness (QED) is 0.334. The van der Waals surface area contributed by atoms with Crippen molar-refractivity contribution in [2.75, 3.05) is 46.4 Å². The molecule has 1 saturated heterocycles. The van der Waals surface area contributed by atoms with Crippen LogP contribution in [0.3, 0.4) is 0 Å². The summed E-state index contributed by atoms with van der Waals surface area (Å²) in [5, 5.41) is 6.52. The van der Waals surface area contributed by atoms with Crippen molar-refractivity contribution in [3.63, 3.8) is 0 Å². The predicted molar refractivity (Wildman–Crippen MR) is 106 cm³/mol. The van der Waals surface area contributed by atoms with Gasteiger partial charge in [0, 0.05) is 45.3 Å². The summed E-state index contributed by atoms with van der Waals surface area (Å²) in [4.78, 5) is 17.8. The maximum atomic E-state index is 11.2. The Hall–Kier alpha value is -1.39. The second-order valence-electron chi connectivity index (χ2n) is 5.37. The molecule has 2 rings (SSSR count). The van der Waals surface area contributed by atoms with Crippen LogP contribution in [-0.4, -0.2) is 63.2 Å². The molecular formula is C16H26IN5O2. The molecule has 1 aromatic carbocycles. The number of ether oxygens (including phenoxy) is 1. The summed E-state index contributed by atoms with van der Waals surface area (Å²) in [7, 11) is 1.74. The summed E-state index contributed by atoms with van der Waals surface area (Å²) in [6.45, 7) is 5.94. The predicted octanol–water partition coefficient (Wildman–Crippen LogP) is 0.401. The lowest BCUT2D eigenvalue weighted by molar-refractivity contribution is 0.0389. The molecule has 1 heterocycles. The lowest BCUT2D eigenvalue weighted by Crippen LogP contribution is -2.44. The van der Waals surface area contributed by atoms with Crippen LogP contribution in [0, 0.1) is 0 Å². The van der Waals surface area contributed by atoms with Gasteiger partial charge in [-0.15, -0.1) is 24.0 Å². The average Bonchev–Trinajstić information content (AvgIpc) is 2.59. The topological polar surface area (TPSA) is 92.0 Å². The Morgan fingerprint density at radius 3 is 2.75 bits per heavy atom. The van der Waals surface area contributed by atoms with E-state index >= 15 is 0 Å². The minimum atomic E-state index is -0.417. The van der Waals surface area contributed by atoms with Crippen molar-refractivity contribution < 1.29 is 9.53 Å². The zero-order chi connectivity index (χ0) is 16.5. The number of nitrogens with one attached hydrogen (secondary N) is 2. The molecule has 7 nitrogen and oxygen atoms in total. The van der Waals surface area contributed by atoms with Crippen molar-refractivity contribution in [2.24, 2.45) is 10.7 Å². The first-order chi connectivity index (χ1) is 11.2. The second-order valence-corrected chi connectivity index (χ2v) is 5.37. The van der Waals surface area contributed by atoms with Gasteiger partial charge < -0.3 is 21.1 Å². The van der Waals surface area contributed by atoms with E-state index in [0.29, 0.717) is 12.1 Å². The van der Waals surface area contributed by atoms with Crippen molar-refractivity contribution in [3.05, 3.63) is 35.4 Å². The average molecular weight is 447 g/mol. The zero-order valence-corrected chi connectivity index (χ0v) is 16.3. The third kappa shape index (κ3) is 7.02. The lowest BCUT2D eigenvalue weighted by atomic mass is 10.1. The van der Waals surface area contributed by atoms with E-state index in [-0.39, 0.29) is 24.0 Å². The summed E-state index contributed by atoms with van der Waals surface area (Å²) in [5.41, 5.74) is 6.79. The van der Waals surface area contributed by atoms with Gasteiger partial charge in [-0.3, -0.25) is 14.7 Å². The summed E-state index contributed by atoms with van der Waals surface area (Å²) >= 11 is 0. The van der Waals surface area contributed by atoms with E-state index < -0.39 is 5.91 Å². The van der Waals surface area contributed by atoms with E-state index in [1.807, 2.05) is 12.1 Å². The highest BCUT2D eigenvalue weighted by Crippen LogP contribution is 2.04. The Bertz CT molecular complexity index is 547. The molecule has 8 heteroatoms. The number of nitrogens with zero attached hydrogens (tertiary/aromatic N) is 2. The maximum Gasteiger partial charge on any atom is 0.248 e.